The van der Waals surface area contributed by atoms with E-state index in [0.29, 0.717) is 0 Å². The van der Waals surface area contributed by atoms with Crippen LogP contribution in [0.15, 0.2) is 22.7 Å². The van der Waals surface area contributed by atoms with Crippen molar-refractivity contribution in [1.29, 1.82) is 0 Å². The molecule has 15 heavy (non-hydrogen) atoms. The van der Waals surface area contributed by atoms with Gasteiger partial charge in [0.05, 0.1) is 12.1 Å². The molecule has 2 rings (SSSR count). The zero-order valence-corrected chi connectivity index (χ0v) is 9.55. The van der Waals surface area contributed by atoms with Crippen LogP contribution in [0.2, 0.25) is 0 Å². The molecular weight excluding hydrogens is 260 g/mol. The molecule has 0 heterocycles. The van der Waals surface area contributed by atoms with Crippen LogP contribution in [-0.2, 0) is 0 Å². The van der Waals surface area contributed by atoms with Crippen molar-refractivity contribution in [3.63, 3.8) is 0 Å². The third kappa shape index (κ3) is 1.70. The molecule has 0 aromatic heterocycles. The highest BCUT2D eigenvalue weighted by Gasteiger charge is 2.37. The molecule has 4 atom stereocenters. The van der Waals surface area contributed by atoms with Gasteiger partial charge in [0.2, 0.25) is 0 Å². The number of hydrogen-bond donors (Lipinski definition) is 4. The molecular formula is C10H13BrN2O2. The van der Waals surface area contributed by atoms with Crippen LogP contribution in [-0.4, -0.2) is 22.4 Å². The summed E-state index contributed by atoms with van der Waals surface area (Å²) < 4.78 is 0.882. The lowest BCUT2D eigenvalue weighted by Crippen LogP contribution is -2.47. The van der Waals surface area contributed by atoms with Crippen molar-refractivity contribution in [3.8, 4) is 0 Å². The highest BCUT2D eigenvalue weighted by Crippen LogP contribution is 2.35. The molecule has 1 aromatic carbocycles. The van der Waals surface area contributed by atoms with Crippen molar-refractivity contribution in [2.75, 3.05) is 0 Å². The molecule has 0 spiro atoms. The smallest absolute Gasteiger partial charge is 0.101 e. The Hall–Kier alpha value is -0.460. The highest BCUT2D eigenvalue weighted by molar-refractivity contribution is 9.10. The molecule has 1 aliphatic carbocycles. The number of fused-ring (bicyclic) bond motifs is 1. The summed E-state index contributed by atoms with van der Waals surface area (Å²) in [5.41, 5.74) is 13.2. The third-order valence-electron chi connectivity index (χ3n) is 2.85. The Morgan fingerprint density at radius 1 is 1.00 bits per heavy atom. The van der Waals surface area contributed by atoms with E-state index < -0.39 is 24.3 Å². The van der Waals surface area contributed by atoms with Gasteiger partial charge < -0.3 is 21.7 Å². The van der Waals surface area contributed by atoms with Crippen LogP contribution in [0.3, 0.4) is 0 Å². The molecule has 5 heteroatoms. The molecule has 0 fully saturated rings. The number of hydrogen-bond acceptors (Lipinski definition) is 4. The Morgan fingerprint density at radius 2 is 1.53 bits per heavy atom. The number of nitrogens with two attached hydrogens (primary N) is 2. The molecule has 0 bridgehead atoms. The molecule has 0 saturated heterocycles. The van der Waals surface area contributed by atoms with Gasteiger partial charge in [-0.15, -0.1) is 0 Å². The second kappa shape index (κ2) is 3.84. The van der Waals surface area contributed by atoms with Gasteiger partial charge in [-0.25, -0.2) is 0 Å². The summed E-state index contributed by atoms with van der Waals surface area (Å²) in [6.07, 6.45) is -2.02. The van der Waals surface area contributed by atoms with Gasteiger partial charge in [-0.05, 0) is 23.3 Å². The first-order valence-electron chi connectivity index (χ1n) is 4.69. The summed E-state index contributed by atoms with van der Waals surface area (Å²) in [6, 6.07) is 4.32. The van der Waals surface area contributed by atoms with Gasteiger partial charge >= 0.3 is 0 Å². The van der Waals surface area contributed by atoms with Crippen LogP contribution >= 0.6 is 15.9 Å². The summed E-state index contributed by atoms with van der Waals surface area (Å²) in [5, 5.41) is 19.3. The first kappa shape index (κ1) is 11.0. The van der Waals surface area contributed by atoms with Crippen molar-refractivity contribution in [2.24, 2.45) is 11.5 Å². The van der Waals surface area contributed by atoms with E-state index in [-0.39, 0.29) is 0 Å². The lowest BCUT2D eigenvalue weighted by molar-refractivity contribution is -0.0196. The molecule has 1 aliphatic rings. The second-order valence-electron chi connectivity index (χ2n) is 3.81. The van der Waals surface area contributed by atoms with Crippen LogP contribution in [0.5, 0.6) is 0 Å². The summed E-state index contributed by atoms with van der Waals surface area (Å²) >= 11 is 3.33. The van der Waals surface area contributed by atoms with Gasteiger partial charge in [-0.2, -0.15) is 0 Å². The average Bonchev–Trinajstić information content (AvgIpc) is 2.23. The normalized spacial score (nSPS) is 35.0. The zero-order valence-electron chi connectivity index (χ0n) is 7.97. The second-order valence-corrected chi connectivity index (χ2v) is 4.72. The van der Waals surface area contributed by atoms with E-state index in [4.69, 9.17) is 11.5 Å². The number of aliphatic hydroxyl groups excluding tert-OH is 2. The highest BCUT2D eigenvalue weighted by atomic mass is 79.9. The summed E-state index contributed by atoms with van der Waals surface area (Å²) in [7, 11) is 0. The van der Waals surface area contributed by atoms with E-state index in [1.807, 2.05) is 18.2 Å². The van der Waals surface area contributed by atoms with Crippen molar-refractivity contribution in [2.45, 2.75) is 24.3 Å². The Kier molecular flexibility index (Phi) is 2.83. The van der Waals surface area contributed by atoms with E-state index >= 15 is 0 Å². The Labute approximate surface area is 96.0 Å². The lowest BCUT2D eigenvalue weighted by atomic mass is 9.81. The van der Waals surface area contributed by atoms with E-state index in [0.717, 1.165) is 15.6 Å². The van der Waals surface area contributed by atoms with Crippen LogP contribution in [0.4, 0.5) is 0 Å². The van der Waals surface area contributed by atoms with Crippen LogP contribution < -0.4 is 11.5 Å². The number of halogens is 1. The van der Waals surface area contributed by atoms with Crippen LogP contribution in [0, 0.1) is 0 Å². The molecule has 0 saturated carbocycles. The molecule has 82 valence electrons. The minimum Gasteiger partial charge on any atom is -0.388 e. The van der Waals surface area contributed by atoms with Gasteiger partial charge in [0.25, 0.3) is 0 Å². The fourth-order valence-electron chi connectivity index (χ4n) is 1.93. The van der Waals surface area contributed by atoms with Crippen molar-refractivity contribution >= 4 is 15.9 Å². The molecule has 6 N–H and O–H groups in total. The zero-order chi connectivity index (χ0) is 11.2. The first-order valence-corrected chi connectivity index (χ1v) is 5.48. The lowest BCUT2D eigenvalue weighted by Gasteiger charge is -2.36. The van der Waals surface area contributed by atoms with Crippen LogP contribution in [0.25, 0.3) is 0 Å². The molecule has 0 radical (unpaired) electrons. The van der Waals surface area contributed by atoms with Crippen molar-refractivity contribution in [3.05, 3.63) is 33.8 Å². The summed E-state index contributed by atoms with van der Waals surface area (Å²) in [6.45, 7) is 0. The van der Waals surface area contributed by atoms with Gasteiger partial charge in [0.15, 0.2) is 0 Å². The van der Waals surface area contributed by atoms with E-state index in [2.05, 4.69) is 15.9 Å². The molecule has 0 amide bonds. The maximum absolute atomic E-state index is 9.68. The molecule has 0 unspecified atom stereocenters. The SMILES string of the molecule is N[C@@H]1c2cc(Br)ccc2[C@H](N)[C@@H](O)[C@H]1O. The van der Waals surface area contributed by atoms with E-state index in [1.54, 1.807) is 0 Å². The standard InChI is InChI=1S/C10H13BrN2O2/c11-4-1-2-5-6(3-4)8(13)10(15)9(14)7(5)12/h1-3,7-10,14-15H,12-13H2/t7-,8+,9+,10-/m0/s1. The minimum absolute atomic E-state index is 0.581. The number of rotatable bonds is 0. The topological polar surface area (TPSA) is 92.5 Å². The Balaban J connectivity index is 2.54. The summed E-state index contributed by atoms with van der Waals surface area (Å²) in [5.74, 6) is 0. The van der Waals surface area contributed by atoms with Crippen molar-refractivity contribution < 1.29 is 10.2 Å². The van der Waals surface area contributed by atoms with Crippen LogP contribution in [0.1, 0.15) is 23.2 Å². The maximum atomic E-state index is 9.68. The van der Waals surface area contributed by atoms with Gasteiger partial charge in [-0.1, -0.05) is 22.0 Å². The largest absolute Gasteiger partial charge is 0.388 e. The fraction of sp³-hybridized carbons (Fsp3) is 0.400. The monoisotopic (exact) mass is 272 g/mol. The number of aliphatic hydroxyl groups is 2. The molecule has 4 nitrogen and oxygen atoms in total. The predicted molar refractivity (Wildman–Crippen MR) is 60.0 cm³/mol. The van der Waals surface area contributed by atoms with E-state index in [9.17, 15) is 10.2 Å². The number of benzene rings is 1. The first-order chi connectivity index (χ1) is 7.02. The average molecular weight is 273 g/mol. The van der Waals surface area contributed by atoms with Crippen molar-refractivity contribution in [1.82, 2.24) is 0 Å². The minimum atomic E-state index is -1.01. The van der Waals surface area contributed by atoms with E-state index in [1.165, 1.54) is 0 Å². The Morgan fingerprint density at radius 3 is 2.13 bits per heavy atom. The molecule has 1 aromatic rings. The van der Waals surface area contributed by atoms with Gasteiger partial charge in [0, 0.05) is 4.47 Å². The fourth-order valence-corrected chi connectivity index (χ4v) is 2.31. The van der Waals surface area contributed by atoms with Gasteiger partial charge in [0.1, 0.15) is 12.2 Å². The maximum Gasteiger partial charge on any atom is 0.101 e. The third-order valence-corrected chi connectivity index (χ3v) is 3.35. The Bertz CT molecular complexity index is 386. The quantitative estimate of drug-likeness (QED) is 0.542. The molecule has 0 aliphatic heterocycles. The summed E-state index contributed by atoms with van der Waals surface area (Å²) in [4.78, 5) is 0. The predicted octanol–water partition coefficient (Wildman–Crippen LogP) is 0.184. The van der Waals surface area contributed by atoms with Gasteiger partial charge in [-0.3, -0.25) is 0 Å².